The van der Waals surface area contributed by atoms with Crippen molar-refractivity contribution in [2.24, 2.45) is 0 Å². The summed E-state index contributed by atoms with van der Waals surface area (Å²) in [4.78, 5) is 17.5. The number of benzene rings is 1. The van der Waals surface area contributed by atoms with Crippen LogP contribution in [-0.2, 0) is 6.18 Å². The van der Waals surface area contributed by atoms with Crippen molar-refractivity contribution in [2.75, 3.05) is 28.2 Å². The molecule has 6 rings (SSSR count). The first-order chi connectivity index (χ1) is 15.4. The summed E-state index contributed by atoms with van der Waals surface area (Å²) in [5.41, 5.74) is 1.15. The van der Waals surface area contributed by atoms with Gasteiger partial charge in [0.25, 0.3) is 0 Å². The summed E-state index contributed by atoms with van der Waals surface area (Å²) in [7, 11) is 0. The summed E-state index contributed by atoms with van der Waals surface area (Å²) in [6.45, 7) is 5.99. The Balaban J connectivity index is 1.56. The molecule has 2 aromatic heterocycles. The Kier molecular flexibility index (Phi) is 4.96. The van der Waals surface area contributed by atoms with Crippen molar-refractivity contribution in [1.82, 2.24) is 15.0 Å². The van der Waals surface area contributed by atoms with Crippen LogP contribution in [0.1, 0.15) is 18.4 Å². The normalized spacial score (nSPS) is 16.0. The predicted molar refractivity (Wildman–Crippen MR) is 117 cm³/mol. The molecule has 3 aliphatic rings. The van der Waals surface area contributed by atoms with Gasteiger partial charge in [-0.05, 0) is 37.1 Å². The highest BCUT2D eigenvalue weighted by molar-refractivity contribution is 5.76. The Bertz CT molecular complexity index is 1140. The van der Waals surface area contributed by atoms with Crippen LogP contribution in [0.25, 0.3) is 11.3 Å². The topological polar surface area (TPSA) is 57.2 Å². The molecule has 1 aromatic carbocycles. The minimum atomic E-state index is -4.41. The summed E-state index contributed by atoms with van der Waals surface area (Å²) < 4.78 is 39.7. The van der Waals surface area contributed by atoms with Crippen LogP contribution in [0.15, 0.2) is 67.4 Å². The van der Waals surface area contributed by atoms with Gasteiger partial charge in [-0.1, -0.05) is 18.7 Å². The SMILES string of the molecule is C=C(Nc1cnccn1)N1c2nc(-c3cccc(C(F)(F)F)c3)ccc2N2CCC1CC2. The van der Waals surface area contributed by atoms with Crippen molar-refractivity contribution in [2.45, 2.75) is 25.1 Å². The fraction of sp³-hybridized carbons (Fsp3) is 0.261. The predicted octanol–water partition coefficient (Wildman–Crippen LogP) is 4.93. The maximum Gasteiger partial charge on any atom is 0.416 e. The van der Waals surface area contributed by atoms with E-state index >= 15 is 0 Å². The van der Waals surface area contributed by atoms with Crippen molar-refractivity contribution < 1.29 is 13.2 Å². The lowest BCUT2D eigenvalue weighted by molar-refractivity contribution is -0.137. The van der Waals surface area contributed by atoms with E-state index < -0.39 is 11.7 Å². The van der Waals surface area contributed by atoms with E-state index in [0.717, 1.165) is 43.8 Å². The third-order valence-electron chi connectivity index (χ3n) is 5.87. The molecule has 0 atom stereocenters. The lowest BCUT2D eigenvalue weighted by Crippen LogP contribution is -2.41. The fourth-order valence-electron chi connectivity index (χ4n) is 4.34. The number of hydrogen-bond donors (Lipinski definition) is 1. The number of nitrogens with zero attached hydrogens (tertiary/aromatic N) is 5. The van der Waals surface area contributed by atoms with Crippen LogP contribution in [0.5, 0.6) is 0 Å². The maximum absolute atomic E-state index is 13.2. The van der Waals surface area contributed by atoms with Crippen molar-refractivity contribution in [3.63, 3.8) is 0 Å². The van der Waals surface area contributed by atoms with Crippen LogP contribution >= 0.6 is 0 Å². The highest BCUT2D eigenvalue weighted by atomic mass is 19.4. The molecule has 1 fully saturated rings. The van der Waals surface area contributed by atoms with Gasteiger partial charge < -0.3 is 15.1 Å². The third-order valence-corrected chi connectivity index (χ3v) is 5.87. The summed E-state index contributed by atoms with van der Waals surface area (Å²) >= 11 is 0. The second-order valence-electron chi connectivity index (χ2n) is 7.87. The average molecular weight is 438 g/mol. The standard InChI is InChI=1S/C23H21F3N6/c1-15(29-21-14-27-9-10-28-21)32-18-7-11-31(12-8-18)20-6-5-19(30-22(20)32)16-3-2-4-17(13-16)23(24,25)26/h2-6,9-10,13-14,18H,1,7-8,11-12H2,(H,28,29). The lowest BCUT2D eigenvalue weighted by Gasteiger charge is -2.34. The van der Waals surface area contributed by atoms with Gasteiger partial charge in [-0.2, -0.15) is 13.2 Å². The zero-order chi connectivity index (χ0) is 22.3. The number of hydrogen-bond acceptors (Lipinski definition) is 6. The first-order valence-corrected chi connectivity index (χ1v) is 10.3. The Morgan fingerprint density at radius 3 is 2.62 bits per heavy atom. The number of pyridine rings is 1. The monoisotopic (exact) mass is 438 g/mol. The molecule has 5 heterocycles. The molecule has 0 aliphatic carbocycles. The Hall–Kier alpha value is -3.62. The number of anilines is 3. The Morgan fingerprint density at radius 2 is 1.91 bits per heavy atom. The number of alkyl halides is 3. The van der Waals surface area contributed by atoms with Gasteiger partial charge in [-0.3, -0.25) is 4.98 Å². The first-order valence-electron chi connectivity index (χ1n) is 10.3. The zero-order valence-electron chi connectivity index (χ0n) is 17.2. The lowest BCUT2D eigenvalue weighted by atomic mass is 10.1. The zero-order valence-corrected chi connectivity index (χ0v) is 17.2. The maximum atomic E-state index is 13.2. The highest BCUT2D eigenvalue weighted by Gasteiger charge is 2.35. The Morgan fingerprint density at radius 1 is 1.09 bits per heavy atom. The van der Waals surface area contributed by atoms with E-state index in [1.807, 2.05) is 11.0 Å². The Labute approximate surface area is 183 Å². The molecular weight excluding hydrogens is 417 g/mol. The van der Waals surface area contributed by atoms with Gasteiger partial charge >= 0.3 is 6.18 Å². The smallest absolute Gasteiger partial charge is 0.368 e. The number of nitrogens with one attached hydrogen (secondary N) is 1. The number of aromatic nitrogens is 3. The number of piperidine rings is 1. The first kappa shape index (κ1) is 20.3. The molecule has 3 aliphatic heterocycles. The molecule has 164 valence electrons. The van der Waals surface area contributed by atoms with E-state index in [2.05, 4.69) is 26.8 Å². The van der Waals surface area contributed by atoms with Crippen LogP contribution in [0.4, 0.5) is 30.5 Å². The summed E-state index contributed by atoms with van der Waals surface area (Å²) in [5, 5.41) is 3.20. The molecule has 9 heteroatoms. The van der Waals surface area contributed by atoms with Crippen LogP contribution < -0.4 is 15.1 Å². The minimum Gasteiger partial charge on any atom is -0.368 e. The van der Waals surface area contributed by atoms with Gasteiger partial charge in [-0.15, -0.1) is 0 Å². The van der Waals surface area contributed by atoms with Crippen LogP contribution in [0.2, 0.25) is 0 Å². The van der Waals surface area contributed by atoms with Crippen LogP contribution in [-0.4, -0.2) is 34.1 Å². The van der Waals surface area contributed by atoms with Crippen molar-refractivity contribution in [1.29, 1.82) is 0 Å². The molecule has 1 saturated heterocycles. The number of fused-ring (bicyclic) bond motifs is 2. The third kappa shape index (κ3) is 3.74. The van der Waals surface area contributed by atoms with E-state index in [1.54, 1.807) is 30.7 Å². The van der Waals surface area contributed by atoms with Gasteiger partial charge in [0.05, 0.1) is 23.1 Å². The van der Waals surface area contributed by atoms with Gasteiger partial charge in [0.15, 0.2) is 5.82 Å². The molecule has 0 amide bonds. The second kappa shape index (κ2) is 7.81. The molecule has 0 unspecified atom stereocenters. The molecule has 0 radical (unpaired) electrons. The van der Waals surface area contributed by atoms with Crippen molar-refractivity contribution >= 4 is 17.3 Å². The molecule has 0 spiro atoms. The van der Waals surface area contributed by atoms with E-state index in [9.17, 15) is 13.2 Å². The summed E-state index contributed by atoms with van der Waals surface area (Å²) in [6.07, 6.45) is 2.23. The molecule has 32 heavy (non-hydrogen) atoms. The van der Waals surface area contributed by atoms with Gasteiger partial charge in [0, 0.05) is 37.1 Å². The largest absolute Gasteiger partial charge is 0.416 e. The molecule has 1 N–H and O–H groups in total. The van der Waals surface area contributed by atoms with Crippen molar-refractivity contribution in [3.8, 4) is 11.3 Å². The molecule has 6 nitrogen and oxygen atoms in total. The molecule has 0 saturated carbocycles. The van der Waals surface area contributed by atoms with Crippen LogP contribution in [0, 0.1) is 0 Å². The van der Waals surface area contributed by atoms with Gasteiger partial charge in [-0.25, -0.2) is 9.97 Å². The molecule has 2 bridgehead atoms. The van der Waals surface area contributed by atoms with E-state index in [1.165, 1.54) is 6.07 Å². The van der Waals surface area contributed by atoms with Crippen LogP contribution in [0.3, 0.4) is 0 Å². The molecule has 3 aromatic rings. The summed E-state index contributed by atoms with van der Waals surface area (Å²) in [5.74, 6) is 1.85. The van der Waals surface area contributed by atoms with Gasteiger partial charge in [0.1, 0.15) is 11.6 Å². The average Bonchev–Trinajstić information content (AvgIpc) is 3.05. The minimum absolute atomic E-state index is 0.174. The quantitative estimate of drug-likeness (QED) is 0.624. The fourth-order valence-corrected chi connectivity index (χ4v) is 4.34. The van der Waals surface area contributed by atoms with Crippen molar-refractivity contribution in [3.05, 3.63) is 73.0 Å². The number of rotatable bonds is 4. The molecular formula is C23H21F3N6. The van der Waals surface area contributed by atoms with E-state index in [0.29, 0.717) is 28.7 Å². The highest BCUT2D eigenvalue weighted by Crippen LogP contribution is 2.41. The van der Waals surface area contributed by atoms with Gasteiger partial charge in [0.2, 0.25) is 0 Å². The summed E-state index contributed by atoms with van der Waals surface area (Å²) in [6, 6.07) is 9.15. The second-order valence-corrected chi connectivity index (χ2v) is 7.87. The van der Waals surface area contributed by atoms with E-state index in [-0.39, 0.29) is 6.04 Å². The van der Waals surface area contributed by atoms with E-state index in [4.69, 9.17) is 4.98 Å². The number of halogens is 3.